The maximum atomic E-state index is 11.6. The van der Waals surface area contributed by atoms with Gasteiger partial charge in [0, 0.05) is 25.3 Å². The van der Waals surface area contributed by atoms with Gasteiger partial charge >= 0.3 is 0 Å². The van der Waals surface area contributed by atoms with E-state index in [0.29, 0.717) is 18.5 Å². The van der Waals surface area contributed by atoms with Crippen LogP contribution in [-0.4, -0.2) is 37.7 Å². The first-order valence-electron chi connectivity index (χ1n) is 6.74. The minimum atomic E-state index is 0.0956. The van der Waals surface area contributed by atoms with Crippen LogP contribution in [0.1, 0.15) is 40.0 Å². The van der Waals surface area contributed by atoms with Crippen LogP contribution in [0.25, 0.3) is 0 Å². The van der Waals surface area contributed by atoms with Crippen LogP contribution in [0.5, 0.6) is 0 Å². The van der Waals surface area contributed by atoms with Crippen molar-refractivity contribution in [1.82, 2.24) is 10.6 Å². The minimum absolute atomic E-state index is 0.0956. The molecule has 1 fully saturated rings. The van der Waals surface area contributed by atoms with Crippen molar-refractivity contribution < 1.29 is 9.53 Å². The fraction of sp³-hybridized carbons (Fsp3) is 0.923. The van der Waals surface area contributed by atoms with E-state index in [4.69, 9.17) is 4.74 Å². The summed E-state index contributed by atoms with van der Waals surface area (Å²) in [4.78, 5) is 11.6. The molecule has 4 nitrogen and oxygen atoms in total. The molecule has 0 aromatic carbocycles. The van der Waals surface area contributed by atoms with Gasteiger partial charge in [-0.25, -0.2) is 0 Å². The molecule has 0 saturated carbocycles. The molecule has 1 saturated heterocycles. The smallest absolute Gasteiger partial charge is 0.234 e. The second-order valence-corrected chi connectivity index (χ2v) is 5.00. The van der Waals surface area contributed by atoms with Crippen LogP contribution in [0.4, 0.5) is 0 Å². The summed E-state index contributed by atoms with van der Waals surface area (Å²) in [5.74, 6) is 0.735. The van der Waals surface area contributed by atoms with Crippen LogP contribution in [-0.2, 0) is 9.53 Å². The monoisotopic (exact) mass is 242 g/mol. The fourth-order valence-corrected chi connectivity index (χ4v) is 2.06. The van der Waals surface area contributed by atoms with Crippen molar-refractivity contribution in [2.45, 2.75) is 52.1 Å². The molecule has 0 bridgehead atoms. The fourth-order valence-electron chi connectivity index (χ4n) is 2.06. The van der Waals surface area contributed by atoms with Gasteiger partial charge in [0.15, 0.2) is 0 Å². The van der Waals surface area contributed by atoms with Crippen LogP contribution in [0.3, 0.4) is 0 Å². The van der Waals surface area contributed by atoms with E-state index in [1.807, 2.05) is 6.92 Å². The topological polar surface area (TPSA) is 50.4 Å². The lowest BCUT2D eigenvalue weighted by Gasteiger charge is -2.28. The van der Waals surface area contributed by atoms with Crippen molar-refractivity contribution in [1.29, 1.82) is 0 Å². The molecule has 17 heavy (non-hydrogen) atoms. The maximum absolute atomic E-state index is 11.6. The Morgan fingerprint density at radius 1 is 1.35 bits per heavy atom. The number of ether oxygens (including phenoxy) is 1. The molecule has 0 aliphatic carbocycles. The third kappa shape index (κ3) is 5.50. The van der Waals surface area contributed by atoms with Crippen molar-refractivity contribution in [3.63, 3.8) is 0 Å². The Morgan fingerprint density at radius 2 is 2.00 bits per heavy atom. The van der Waals surface area contributed by atoms with Crippen molar-refractivity contribution in [3.05, 3.63) is 0 Å². The number of nitrogens with one attached hydrogen (secondary N) is 2. The Labute approximate surface area is 104 Å². The zero-order valence-electron chi connectivity index (χ0n) is 11.3. The average molecular weight is 242 g/mol. The quantitative estimate of drug-likeness (QED) is 0.738. The summed E-state index contributed by atoms with van der Waals surface area (Å²) in [6.45, 7) is 8.39. The van der Waals surface area contributed by atoms with Gasteiger partial charge in [-0.3, -0.25) is 4.79 Å². The molecule has 2 N–H and O–H groups in total. The second kappa shape index (κ2) is 7.67. The van der Waals surface area contributed by atoms with Gasteiger partial charge in [0.1, 0.15) is 0 Å². The number of carbonyl (C=O) groups excluding carboxylic acids is 1. The van der Waals surface area contributed by atoms with Crippen molar-refractivity contribution in [2.24, 2.45) is 5.92 Å². The van der Waals surface area contributed by atoms with Gasteiger partial charge < -0.3 is 15.4 Å². The number of hydrogen-bond donors (Lipinski definition) is 2. The van der Waals surface area contributed by atoms with Gasteiger partial charge in [0.25, 0.3) is 0 Å². The van der Waals surface area contributed by atoms with Gasteiger partial charge in [-0.05, 0) is 39.0 Å². The zero-order chi connectivity index (χ0) is 12.7. The lowest BCUT2D eigenvalue weighted by Crippen LogP contribution is -2.44. The molecule has 1 aliphatic rings. The Morgan fingerprint density at radius 3 is 2.59 bits per heavy atom. The summed E-state index contributed by atoms with van der Waals surface area (Å²) in [6.07, 6.45) is 3.17. The Balaban J connectivity index is 2.17. The molecule has 0 spiro atoms. The minimum Gasteiger partial charge on any atom is -0.381 e. The molecule has 1 heterocycles. The number of rotatable bonds is 6. The molecular weight excluding hydrogens is 216 g/mol. The number of hydrogen-bond acceptors (Lipinski definition) is 3. The molecule has 1 rings (SSSR count). The van der Waals surface area contributed by atoms with Crippen LogP contribution in [0.2, 0.25) is 0 Å². The molecule has 1 amide bonds. The van der Waals surface area contributed by atoms with E-state index in [-0.39, 0.29) is 11.9 Å². The summed E-state index contributed by atoms with van der Waals surface area (Å²) in [6, 6.07) is 0.657. The van der Waals surface area contributed by atoms with Crippen LogP contribution in [0, 0.1) is 5.92 Å². The van der Waals surface area contributed by atoms with E-state index in [2.05, 4.69) is 24.5 Å². The van der Waals surface area contributed by atoms with Gasteiger partial charge in [-0.1, -0.05) is 6.92 Å². The molecule has 100 valence electrons. The van der Waals surface area contributed by atoms with Crippen LogP contribution in [0.15, 0.2) is 0 Å². The second-order valence-electron chi connectivity index (χ2n) is 5.00. The standard InChI is InChI=1S/C13H26N2O2/c1-4-10(2)15-13(16)9-14-11(3)12-5-7-17-8-6-12/h10-12,14H,4-9H2,1-3H3,(H,15,16). The Bertz CT molecular complexity index is 227. The lowest BCUT2D eigenvalue weighted by atomic mass is 9.93. The van der Waals surface area contributed by atoms with E-state index >= 15 is 0 Å². The molecule has 0 radical (unpaired) electrons. The molecule has 0 aromatic rings. The van der Waals surface area contributed by atoms with E-state index in [9.17, 15) is 4.79 Å². The summed E-state index contributed by atoms with van der Waals surface area (Å²) < 4.78 is 5.34. The van der Waals surface area contributed by atoms with E-state index in [0.717, 1.165) is 32.5 Å². The van der Waals surface area contributed by atoms with E-state index in [1.165, 1.54) is 0 Å². The number of amides is 1. The van der Waals surface area contributed by atoms with Crippen molar-refractivity contribution in [2.75, 3.05) is 19.8 Å². The SMILES string of the molecule is CCC(C)NC(=O)CNC(C)C1CCOCC1. The highest BCUT2D eigenvalue weighted by atomic mass is 16.5. The highest BCUT2D eigenvalue weighted by molar-refractivity contribution is 5.78. The Kier molecular flexibility index (Phi) is 6.52. The first-order valence-corrected chi connectivity index (χ1v) is 6.74. The summed E-state index contributed by atoms with van der Waals surface area (Å²) in [5, 5.41) is 6.28. The third-order valence-electron chi connectivity index (χ3n) is 3.58. The van der Waals surface area contributed by atoms with E-state index < -0.39 is 0 Å². The maximum Gasteiger partial charge on any atom is 0.234 e. The van der Waals surface area contributed by atoms with Gasteiger partial charge in [-0.2, -0.15) is 0 Å². The summed E-state index contributed by atoms with van der Waals surface area (Å²) >= 11 is 0. The zero-order valence-corrected chi connectivity index (χ0v) is 11.3. The van der Waals surface area contributed by atoms with Crippen molar-refractivity contribution in [3.8, 4) is 0 Å². The van der Waals surface area contributed by atoms with Crippen LogP contribution < -0.4 is 10.6 Å². The Hall–Kier alpha value is -0.610. The predicted octanol–water partition coefficient (Wildman–Crippen LogP) is 1.31. The molecule has 4 heteroatoms. The molecule has 1 aliphatic heterocycles. The molecule has 0 aromatic heterocycles. The van der Waals surface area contributed by atoms with Gasteiger partial charge in [0.2, 0.25) is 5.91 Å². The first kappa shape index (κ1) is 14.5. The predicted molar refractivity (Wildman–Crippen MR) is 68.9 cm³/mol. The van der Waals surface area contributed by atoms with Gasteiger partial charge in [-0.15, -0.1) is 0 Å². The lowest BCUT2D eigenvalue weighted by molar-refractivity contribution is -0.121. The highest BCUT2D eigenvalue weighted by Crippen LogP contribution is 2.18. The van der Waals surface area contributed by atoms with Gasteiger partial charge in [0.05, 0.1) is 6.54 Å². The van der Waals surface area contributed by atoms with Crippen molar-refractivity contribution >= 4 is 5.91 Å². The number of carbonyl (C=O) groups is 1. The largest absolute Gasteiger partial charge is 0.381 e. The average Bonchev–Trinajstić information content (AvgIpc) is 2.36. The molecule has 2 atom stereocenters. The highest BCUT2D eigenvalue weighted by Gasteiger charge is 2.20. The van der Waals surface area contributed by atoms with E-state index in [1.54, 1.807) is 0 Å². The van der Waals surface area contributed by atoms with Crippen LogP contribution >= 0.6 is 0 Å². The normalized spacial score (nSPS) is 20.9. The first-order chi connectivity index (χ1) is 8.13. The summed E-state index contributed by atoms with van der Waals surface area (Å²) in [7, 11) is 0. The molecule has 2 unspecified atom stereocenters. The third-order valence-corrected chi connectivity index (χ3v) is 3.58. The summed E-state index contributed by atoms with van der Waals surface area (Å²) in [5.41, 5.74) is 0. The molecular formula is C13H26N2O2.